The van der Waals surface area contributed by atoms with Crippen LogP contribution in [-0.4, -0.2) is 30.4 Å². The normalized spacial score (nSPS) is 18.9. The van der Waals surface area contributed by atoms with Gasteiger partial charge in [-0.3, -0.25) is 4.98 Å². The molecule has 0 aliphatic carbocycles. The predicted molar refractivity (Wildman–Crippen MR) is 91.9 cm³/mol. The molecule has 2 aromatic rings. The van der Waals surface area contributed by atoms with Crippen molar-refractivity contribution in [3.8, 4) is 17.0 Å². The quantitative estimate of drug-likeness (QED) is 0.817. The van der Waals surface area contributed by atoms with E-state index in [9.17, 15) is 0 Å². The molecule has 0 spiro atoms. The van der Waals surface area contributed by atoms with Crippen LogP contribution in [0.2, 0.25) is 0 Å². The molecule has 23 heavy (non-hydrogen) atoms. The number of pyridine rings is 1. The molecule has 1 saturated heterocycles. The molecule has 0 saturated carbocycles. The van der Waals surface area contributed by atoms with Crippen molar-refractivity contribution in [2.24, 2.45) is 0 Å². The van der Waals surface area contributed by atoms with E-state index in [4.69, 9.17) is 14.0 Å². The van der Waals surface area contributed by atoms with E-state index in [1.54, 1.807) is 13.3 Å². The highest BCUT2D eigenvalue weighted by molar-refractivity contribution is 6.63. The fraction of sp³-hybridized carbons (Fsp3) is 0.389. The monoisotopic (exact) mass is 311 g/mol. The fourth-order valence-electron chi connectivity index (χ4n) is 2.57. The molecule has 1 aromatic heterocycles. The molecule has 1 aliphatic heterocycles. The molecule has 4 nitrogen and oxygen atoms in total. The Bertz CT molecular complexity index is 682. The van der Waals surface area contributed by atoms with Crippen molar-refractivity contribution in [2.75, 3.05) is 7.11 Å². The summed E-state index contributed by atoms with van der Waals surface area (Å²) in [5.41, 5.74) is 2.08. The van der Waals surface area contributed by atoms with Crippen molar-refractivity contribution in [1.29, 1.82) is 0 Å². The summed E-state index contributed by atoms with van der Waals surface area (Å²) in [7, 11) is 1.23. The molecule has 0 N–H and O–H groups in total. The van der Waals surface area contributed by atoms with E-state index in [-0.39, 0.29) is 11.2 Å². The average molecular weight is 311 g/mol. The molecule has 1 aliphatic rings. The van der Waals surface area contributed by atoms with Crippen LogP contribution in [0.1, 0.15) is 27.7 Å². The summed E-state index contributed by atoms with van der Waals surface area (Å²) in [6, 6.07) is 11.8. The third-order valence-corrected chi connectivity index (χ3v) is 4.71. The molecule has 0 unspecified atom stereocenters. The Hall–Kier alpha value is -1.85. The summed E-state index contributed by atoms with van der Waals surface area (Å²) in [4.78, 5) is 4.54. The van der Waals surface area contributed by atoms with Gasteiger partial charge in [0.05, 0.1) is 24.0 Å². The van der Waals surface area contributed by atoms with Crippen molar-refractivity contribution < 1.29 is 14.0 Å². The molecular weight excluding hydrogens is 289 g/mol. The summed E-state index contributed by atoms with van der Waals surface area (Å²) < 4.78 is 17.6. The minimum atomic E-state index is -0.425. The van der Waals surface area contributed by atoms with Crippen molar-refractivity contribution in [3.63, 3.8) is 0 Å². The summed E-state index contributed by atoms with van der Waals surface area (Å²) in [5.74, 6) is 0.821. The molecule has 3 rings (SSSR count). The first-order valence-corrected chi connectivity index (χ1v) is 7.79. The van der Waals surface area contributed by atoms with Crippen LogP contribution >= 0.6 is 0 Å². The van der Waals surface area contributed by atoms with Gasteiger partial charge in [-0.25, -0.2) is 0 Å². The molecular formula is C18H22BNO3. The smallest absolute Gasteiger partial charge is 0.497 e. The molecule has 0 radical (unpaired) electrons. The van der Waals surface area contributed by atoms with Gasteiger partial charge < -0.3 is 14.0 Å². The van der Waals surface area contributed by atoms with Crippen LogP contribution in [0.3, 0.4) is 0 Å². The van der Waals surface area contributed by atoms with E-state index in [0.29, 0.717) is 0 Å². The minimum Gasteiger partial charge on any atom is -0.497 e. The number of nitrogens with zero attached hydrogens (tertiary/aromatic N) is 1. The number of rotatable bonds is 3. The Morgan fingerprint density at radius 1 is 0.957 bits per heavy atom. The van der Waals surface area contributed by atoms with Crippen molar-refractivity contribution in [3.05, 3.63) is 42.6 Å². The Labute approximate surface area is 137 Å². The van der Waals surface area contributed by atoms with Crippen molar-refractivity contribution in [2.45, 2.75) is 38.9 Å². The van der Waals surface area contributed by atoms with Crippen LogP contribution < -0.4 is 10.2 Å². The van der Waals surface area contributed by atoms with Gasteiger partial charge in [0.2, 0.25) is 0 Å². The maximum absolute atomic E-state index is 6.17. The van der Waals surface area contributed by atoms with Crippen molar-refractivity contribution >= 4 is 12.6 Å². The molecule has 5 heteroatoms. The van der Waals surface area contributed by atoms with E-state index in [1.807, 2.05) is 36.4 Å². The van der Waals surface area contributed by atoms with Crippen LogP contribution in [0.4, 0.5) is 0 Å². The highest BCUT2D eigenvalue weighted by atomic mass is 16.7. The second-order valence-corrected chi connectivity index (χ2v) is 6.76. The third kappa shape index (κ3) is 2.86. The number of ether oxygens (including phenoxy) is 1. The zero-order valence-electron chi connectivity index (χ0n) is 14.3. The van der Waals surface area contributed by atoms with Crippen LogP contribution in [0.25, 0.3) is 11.3 Å². The van der Waals surface area contributed by atoms with E-state index < -0.39 is 7.12 Å². The summed E-state index contributed by atoms with van der Waals surface area (Å²) in [6.45, 7) is 8.21. The van der Waals surface area contributed by atoms with Crippen LogP contribution in [0, 0.1) is 0 Å². The average Bonchev–Trinajstić information content (AvgIpc) is 2.75. The lowest BCUT2D eigenvalue weighted by Crippen LogP contribution is -2.41. The van der Waals surface area contributed by atoms with Gasteiger partial charge >= 0.3 is 7.12 Å². The number of methoxy groups -OCH3 is 1. The Morgan fingerprint density at radius 2 is 1.57 bits per heavy atom. The number of hydrogen-bond donors (Lipinski definition) is 0. The lowest BCUT2D eigenvalue weighted by Gasteiger charge is -2.32. The Kier molecular flexibility index (Phi) is 3.94. The summed E-state index contributed by atoms with van der Waals surface area (Å²) in [5, 5.41) is 0. The molecule has 0 atom stereocenters. The van der Waals surface area contributed by atoms with Gasteiger partial charge in [-0.05, 0) is 58.0 Å². The summed E-state index contributed by atoms with van der Waals surface area (Å²) >= 11 is 0. The Morgan fingerprint density at radius 3 is 2.13 bits per heavy atom. The topological polar surface area (TPSA) is 40.6 Å². The first-order chi connectivity index (χ1) is 10.8. The lowest BCUT2D eigenvalue weighted by molar-refractivity contribution is 0.00578. The second kappa shape index (κ2) is 5.66. The van der Waals surface area contributed by atoms with Gasteiger partial charge in [0.15, 0.2) is 0 Å². The third-order valence-electron chi connectivity index (χ3n) is 4.71. The maximum atomic E-state index is 6.17. The fourth-order valence-corrected chi connectivity index (χ4v) is 2.57. The van der Waals surface area contributed by atoms with Crippen LogP contribution in [-0.2, 0) is 9.31 Å². The maximum Gasteiger partial charge on any atom is 0.497 e. The van der Waals surface area contributed by atoms with Crippen LogP contribution in [0.5, 0.6) is 5.75 Å². The van der Waals surface area contributed by atoms with Gasteiger partial charge in [0.25, 0.3) is 0 Å². The van der Waals surface area contributed by atoms with Gasteiger partial charge in [-0.1, -0.05) is 6.07 Å². The highest BCUT2D eigenvalue weighted by Crippen LogP contribution is 2.37. The zero-order valence-corrected chi connectivity index (χ0v) is 14.3. The number of benzene rings is 1. The van der Waals surface area contributed by atoms with E-state index in [0.717, 1.165) is 22.5 Å². The van der Waals surface area contributed by atoms with Gasteiger partial charge in [0, 0.05) is 17.2 Å². The standard InChI is InChI=1S/C18H22BNO3/c1-17(2)18(3,4)23-19(22-17)15-7-6-12-20-16(15)13-8-10-14(21-5)11-9-13/h6-12H,1-5H3. The predicted octanol–water partition coefficient (Wildman–Crippen LogP) is 3.06. The molecule has 0 bridgehead atoms. The van der Waals surface area contributed by atoms with Gasteiger partial charge in [-0.15, -0.1) is 0 Å². The molecule has 2 heterocycles. The van der Waals surface area contributed by atoms with E-state index in [1.165, 1.54) is 0 Å². The largest absolute Gasteiger partial charge is 0.497 e. The van der Waals surface area contributed by atoms with E-state index >= 15 is 0 Å². The van der Waals surface area contributed by atoms with Crippen molar-refractivity contribution in [1.82, 2.24) is 4.98 Å². The van der Waals surface area contributed by atoms with Gasteiger partial charge in [-0.2, -0.15) is 0 Å². The molecule has 1 fully saturated rings. The lowest BCUT2D eigenvalue weighted by atomic mass is 9.76. The SMILES string of the molecule is COc1ccc(-c2ncccc2B2OC(C)(C)C(C)(C)O2)cc1. The molecule has 120 valence electrons. The molecule has 1 aromatic carbocycles. The Balaban J connectivity index is 1.99. The highest BCUT2D eigenvalue weighted by Gasteiger charge is 2.52. The van der Waals surface area contributed by atoms with Crippen LogP contribution in [0.15, 0.2) is 42.6 Å². The number of aromatic nitrogens is 1. The van der Waals surface area contributed by atoms with E-state index in [2.05, 4.69) is 32.7 Å². The first kappa shape index (κ1) is 16.0. The molecule has 0 amide bonds. The second-order valence-electron chi connectivity index (χ2n) is 6.76. The number of hydrogen-bond acceptors (Lipinski definition) is 4. The zero-order chi connectivity index (χ0) is 16.7. The summed E-state index contributed by atoms with van der Waals surface area (Å²) in [6.07, 6.45) is 1.79. The minimum absolute atomic E-state index is 0.370. The first-order valence-electron chi connectivity index (χ1n) is 7.79. The van der Waals surface area contributed by atoms with Gasteiger partial charge in [0.1, 0.15) is 5.75 Å².